The number of benzene rings is 2. The summed E-state index contributed by atoms with van der Waals surface area (Å²) in [4.78, 5) is 24.4. The third-order valence-electron chi connectivity index (χ3n) is 4.09. The van der Waals surface area contributed by atoms with E-state index >= 15 is 0 Å². The van der Waals surface area contributed by atoms with Crippen LogP contribution in [0, 0.1) is 5.92 Å². The molecule has 0 radical (unpaired) electrons. The Morgan fingerprint density at radius 1 is 1.03 bits per heavy atom. The number of ether oxygens (including phenoxy) is 1. The predicted molar refractivity (Wildman–Crippen MR) is 118 cm³/mol. The van der Waals surface area contributed by atoms with E-state index in [1.165, 1.54) is 0 Å². The second-order valence-electron chi connectivity index (χ2n) is 7.32. The summed E-state index contributed by atoms with van der Waals surface area (Å²) in [6, 6.07) is 14.5. The molecule has 6 heteroatoms. The lowest BCUT2D eigenvalue weighted by Gasteiger charge is -2.12. The standard InChI is InChI=1S/C23H31N3O3/c1-4-5-12-24-23(28)18-8-6-9-19(13-18)25-15-22(27)26-20-10-7-11-21(14-20)29-16-17(2)3/h6-11,13-14,17,25H,4-5,12,15-16H2,1-3H3,(H,24,28)(H,26,27). The highest BCUT2D eigenvalue weighted by atomic mass is 16.5. The molecule has 0 fully saturated rings. The van der Waals surface area contributed by atoms with E-state index in [0.717, 1.165) is 24.3 Å². The molecule has 0 spiro atoms. The van der Waals surface area contributed by atoms with Gasteiger partial charge in [0.1, 0.15) is 5.75 Å². The fourth-order valence-corrected chi connectivity index (χ4v) is 2.57. The molecule has 3 N–H and O–H groups in total. The molecule has 0 unspecified atom stereocenters. The molecule has 0 aromatic heterocycles. The van der Waals surface area contributed by atoms with Gasteiger partial charge in [-0.1, -0.05) is 39.3 Å². The van der Waals surface area contributed by atoms with Gasteiger partial charge in [0.25, 0.3) is 5.91 Å². The van der Waals surface area contributed by atoms with Crippen molar-refractivity contribution in [3.63, 3.8) is 0 Å². The van der Waals surface area contributed by atoms with Crippen LogP contribution in [0.1, 0.15) is 44.0 Å². The Labute approximate surface area is 173 Å². The molecule has 0 aliphatic rings. The Hall–Kier alpha value is -3.02. The highest BCUT2D eigenvalue weighted by molar-refractivity contribution is 5.96. The largest absolute Gasteiger partial charge is 0.493 e. The fourth-order valence-electron chi connectivity index (χ4n) is 2.57. The molecule has 2 aromatic rings. The van der Waals surface area contributed by atoms with Crippen LogP contribution in [0.4, 0.5) is 11.4 Å². The number of hydrogen-bond acceptors (Lipinski definition) is 4. The summed E-state index contributed by atoms with van der Waals surface area (Å²) < 4.78 is 5.68. The van der Waals surface area contributed by atoms with Crippen molar-refractivity contribution in [1.29, 1.82) is 0 Å². The van der Waals surface area contributed by atoms with E-state index in [2.05, 4.69) is 36.7 Å². The van der Waals surface area contributed by atoms with Gasteiger partial charge < -0.3 is 20.7 Å². The number of amides is 2. The van der Waals surface area contributed by atoms with Crippen LogP contribution in [-0.4, -0.2) is 31.5 Å². The predicted octanol–water partition coefficient (Wildman–Crippen LogP) is 4.30. The van der Waals surface area contributed by atoms with Crippen molar-refractivity contribution >= 4 is 23.2 Å². The first kappa shape index (κ1) is 22.3. The maximum absolute atomic E-state index is 12.3. The van der Waals surface area contributed by atoms with E-state index in [9.17, 15) is 9.59 Å². The van der Waals surface area contributed by atoms with Gasteiger partial charge in [-0.15, -0.1) is 0 Å². The minimum absolute atomic E-state index is 0.0952. The Morgan fingerprint density at radius 2 is 1.79 bits per heavy atom. The lowest BCUT2D eigenvalue weighted by atomic mass is 10.2. The molecular formula is C23H31N3O3. The summed E-state index contributed by atoms with van der Waals surface area (Å²) in [5.74, 6) is 0.877. The van der Waals surface area contributed by atoms with E-state index in [1.54, 1.807) is 18.2 Å². The van der Waals surface area contributed by atoms with E-state index in [4.69, 9.17) is 4.74 Å². The van der Waals surface area contributed by atoms with Gasteiger partial charge >= 0.3 is 0 Å². The number of unbranched alkanes of at least 4 members (excludes halogenated alkanes) is 1. The molecule has 0 atom stereocenters. The van der Waals surface area contributed by atoms with Crippen LogP contribution in [0.2, 0.25) is 0 Å². The van der Waals surface area contributed by atoms with Crippen molar-refractivity contribution in [2.45, 2.75) is 33.6 Å². The zero-order chi connectivity index (χ0) is 21.1. The van der Waals surface area contributed by atoms with Crippen LogP contribution in [0.25, 0.3) is 0 Å². The molecule has 0 heterocycles. The molecule has 2 rings (SSSR count). The number of hydrogen-bond donors (Lipinski definition) is 3. The molecule has 0 saturated carbocycles. The van der Waals surface area contributed by atoms with Gasteiger partial charge in [0.2, 0.25) is 5.91 Å². The molecule has 0 bridgehead atoms. The van der Waals surface area contributed by atoms with Gasteiger partial charge in [0.15, 0.2) is 0 Å². The lowest BCUT2D eigenvalue weighted by Crippen LogP contribution is -2.25. The van der Waals surface area contributed by atoms with Crippen molar-refractivity contribution in [1.82, 2.24) is 5.32 Å². The Kier molecular flexibility index (Phi) is 9.02. The third-order valence-corrected chi connectivity index (χ3v) is 4.09. The average molecular weight is 398 g/mol. The highest BCUT2D eigenvalue weighted by Gasteiger charge is 2.07. The molecular weight excluding hydrogens is 366 g/mol. The third kappa shape index (κ3) is 8.25. The summed E-state index contributed by atoms with van der Waals surface area (Å²) >= 11 is 0. The van der Waals surface area contributed by atoms with E-state index in [0.29, 0.717) is 30.3 Å². The van der Waals surface area contributed by atoms with Crippen LogP contribution in [0.15, 0.2) is 48.5 Å². The molecule has 0 saturated heterocycles. The van der Waals surface area contributed by atoms with Crippen molar-refractivity contribution < 1.29 is 14.3 Å². The van der Waals surface area contributed by atoms with E-state index < -0.39 is 0 Å². The maximum Gasteiger partial charge on any atom is 0.251 e. The van der Waals surface area contributed by atoms with Gasteiger partial charge in [-0.3, -0.25) is 9.59 Å². The first-order chi connectivity index (χ1) is 14.0. The number of anilines is 2. The molecule has 29 heavy (non-hydrogen) atoms. The normalized spacial score (nSPS) is 10.5. The minimum atomic E-state index is -0.177. The minimum Gasteiger partial charge on any atom is -0.493 e. The fraction of sp³-hybridized carbons (Fsp3) is 0.391. The summed E-state index contributed by atoms with van der Waals surface area (Å²) in [5, 5.41) is 8.80. The lowest BCUT2D eigenvalue weighted by molar-refractivity contribution is -0.114. The molecule has 0 aliphatic heterocycles. The van der Waals surface area contributed by atoms with Crippen LogP contribution in [-0.2, 0) is 4.79 Å². The Morgan fingerprint density at radius 3 is 2.55 bits per heavy atom. The van der Waals surface area contributed by atoms with Crippen LogP contribution in [0.5, 0.6) is 5.75 Å². The summed E-state index contributed by atoms with van der Waals surface area (Å²) in [6.07, 6.45) is 1.98. The van der Waals surface area contributed by atoms with Crippen LogP contribution >= 0.6 is 0 Å². The molecule has 2 aromatic carbocycles. The van der Waals surface area contributed by atoms with Gasteiger partial charge in [-0.05, 0) is 42.7 Å². The monoisotopic (exact) mass is 397 g/mol. The van der Waals surface area contributed by atoms with Crippen molar-refractivity contribution in [2.75, 3.05) is 30.3 Å². The highest BCUT2D eigenvalue weighted by Crippen LogP contribution is 2.18. The number of nitrogens with one attached hydrogen (secondary N) is 3. The number of carbonyl (C=O) groups excluding carboxylic acids is 2. The summed E-state index contributed by atoms with van der Waals surface area (Å²) in [5.41, 5.74) is 1.97. The maximum atomic E-state index is 12.3. The molecule has 6 nitrogen and oxygen atoms in total. The quantitative estimate of drug-likeness (QED) is 0.494. The Balaban J connectivity index is 1.85. The summed E-state index contributed by atoms with van der Waals surface area (Å²) in [6.45, 7) is 7.63. The first-order valence-electron chi connectivity index (χ1n) is 10.1. The second-order valence-corrected chi connectivity index (χ2v) is 7.32. The topological polar surface area (TPSA) is 79.5 Å². The zero-order valence-electron chi connectivity index (χ0n) is 17.5. The molecule has 0 aliphatic carbocycles. The number of carbonyl (C=O) groups is 2. The van der Waals surface area contributed by atoms with Crippen LogP contribution in [0.3, 0.4) is 0 Å². The Bertz CT molecular complexity index is 805. The SMILES string of the molecule is CCCCNC(=O)c1cccc(NCC(=O)Nc2cccc(OCC(C)C)c2)c1. The van der Waals surface area contributed by atoms with Gasteiger partial charge in [0.05, 0.1) is 13.2 Å². The van der Waals surface area contributed by atoms with Gasteiger partial charge in [-0.2, -0.15) is 0 Å². The van der Waals surface area contributed by atoms with E-state index in [-0.39, 0.29) is 18.4 Å². The zero-order valence-corrected chi connectivity index (χ0v) is 17.5. The van der Waals surface area contributed by atoms with Crippen LogP contribution < -0.4 is 20.7 Å². The molecule has 156 valence electrons. The number of rotatable bonds is 11. The first-order valence-corrected chi connectivity index (χ1v) is 10.1. The van der Waals surface area contributed by atoms with E-state index in [1.807, 2.05) is 30.3 Å². The smallest absolute Gasteiger partial charge is 0.251 e. The van der Waals surface area contributed by atoms with Gasteiger partial charge in [0, 0.05) is 29.5 Å². The van der Waals surface area contributed by atoms with Crippen molar-refractivity contribution in [2.24, 2.45) is 5.92 Å². The summed E-state index contributed by atoms with van der Waals surface area (Å²) in [7, 11) is 0. The average Bonchev–Trinajstić information content (AvgIpc) is 2.71. The molecule has 2 amide bonds. The second kappa shape index (κ2) is 11.7. The van der Waals surface area contributed by atoms with Crippen molar-refractivity contribution in [3.05, 3.63) is 54.1 Å². The van der Waals surface area contributed by atoms with Gasteiger partial charge in [-0.25, -0.2) is 0 Å². The van der Waals surface area contributed by atoms with Crippen molar-refractivity contribution in [3.8, 4) is 5.75 Å².